The molecule has 2 heterocycles. The first kappa shape index (κ1) is 19.2. The number of ketones is 1. The molecule has 148 valence electrons. The van der Waals surface area contributed by atoms with Crippen molar-refractivity contribution in [2.75, 3.05) is 38.1 Å². The highest BCUT2D eigenvalue weighted by molar-refractivity contribution is 5.97. The number of unbranched alkanes of at least 4 members (excludes halogenated alkanes) is 1. The van der Waals surface area contributed by atoms with Gasteiger partial charge in [0.15, 0.2) is 5.78 Å². The minimum atomic E-state index is 0.329. The molecule has 2 aliphatic heterocycles. The van der Waals surface area contributed by atoms with Crippen LogP contribution in [0.15, 0.2) is 42.5 Å². The third-order valence-electron chi connectivity index (χ3n) is 6.25. The van der Waals surface area contributed by atoms with E-state index in [0.29, 0.717) is 12.2 Å². The Kier molecular flexibility index (Phi) is 6.11. The highest BCUT2D eigenvalue weighted by Crippen LogP contribution is 2.37. The van der Waals surface area contributed by atoms with E-state index in [-0.39, 0.29) is 0 Å². The number of anilines is 1. The van der Waals surface area contributed by atoms with Crippen molar-refractivity contribution in [3.05, 3.63) is 64.7 Å². The second-order valence-electron chi connectivity index (χ2n) is 8.40. The number of likely N-dealkylation sites (N-methyl/N-ethyl adjacent to an activating group) is 1. The van der Waals surface area contributed by atoms with Crippen molar-refractivity contribution < 1.29 is 4.79 Å². The normalized spacial score (nSPS) is 15.1. The van der Waals surface area contributed by atoms with Crippen LogP contribution in [-0.4, -0.2) is 43.9 Å². The monoisotopic (exact) mass is 376 g/mol. The van der Waals surface area contributed by atoms with E-state index in [2.05, 4.69) is 59.3 Å². The Hall–Kier alpha value is -2.13. The summed E-state index contributed by atoms with van der Waals surface area (Å²) in [7, 11) is 2.18. The van der Waals surface area contributed by atoms with Gasteiger partial charge >= 0.3 is 0 Å². The fourth-order valence-corrected chi connectivity index (χ4v) is 4.65. The molecule has 0 radical (unpaired) electrons. The van der Waals surface area contributed by atoms with Gasteiger partial charge in [-0.3, -0.25) is 4.79 Å². The number of hydrogen-bond donors (Lipinski definition) is 0. The molecule has 0 atom stereocenters. The number of aryl methyl sites for hydroxylation is 1. The number of benzene rings is 2. The van der Waals surface area contributed by atoms with Crippen LogP contribution in [0.5, 0.6) is 0 Å². The molecule has 0 aliphatic carbocycles. The quantitative estimate of drug-likeness (QED) is 0.475. The Bertz CT molecular complexity index is 815. The minimum Gasteiger partial charge on any atom is -0.371 e. The molecule has 28 heavy (non-hydrogen) atoms. The Morgan fingerprint density at radius 1 is 1.00 bits per heavy atom. The van der Waals surface area contributed by atoms with Gasteiger partial charge in [0, 0.05) is 37.3 Å². The standard InChI is InChI=1S/C25H32N2O/c1-26(16-12-20-8-3-2-4-9-20)14-6-5-11-24(28)23-18-21-10-7-15-27-17-13-22(19-23)25(21)27/h2-4,8-9,18-19H,5-7,10-17H2,1H3. The summed E-state index contributed by atoms with van der Waals surface area (Å²) >= 11 is 0. The third-order valence-corrected chi connectivity index (χ3v) is 6.25. The van der Waals surface area contributed by atoms with Gasteiger partial charge in [0.1, 0.15) is 0 Å². The van der Waals surface area contributed by atoms with Crippen LogP contribution in [0.4, 0.5) is 5.69 Å². The topological polar surface area (TPSA) is 23.6 Å². The Balaban J connectivity index is 1.22. The molecule has 0 saturated heterocycles. The smallest absolute Gasteiger partial charge is 0.162 e. The molecule has 2 aliphatic rings. The van der Waals surface area contributed by atoms with Crippen LogP contribution in [0.3, 0.4) is 0 Å². The van der Waals surface area contributed by atoms with Crippen LogP contribution < -0.4 is 4.90 Å². The van der Waals surface area contributed by atoms with E-state index < -0.39 is 0 Å². The molecule has 0 bridgehead atoms. The maximum absolute atomic E-state index is 12.7. The lowest BCUT2D eigenvalue weighted by Gasteiger charge is -2.27. The Labute approximate surface area is 169 Å². The molecular formula is C25H32N2O. The Morgan fingerprint density at radius 2 is 1.79 bits per heavy atom. The van der Waals surface area contributed by atoms with Crippen molar-refractivity contribution in [3.8, 4) is 0 Å². The summed E-state index contributed by atoms with van der Waals surface area (Å²) in [4.78, 5) is 17.6. The second-order valence-corrected chi connectivity index (χ2v) is 8.40. The van der Waals surface area contributed by atoms with Crippen molar-refractivity contribution in [2.24, 2.45) is 0 Å². The van der Waals surface area contributed by atoms with E-state index in [1.807, 2.05) is 0 Å². The predicted molar refractivity (Wildman–Crippen MR) is 117 cm³/mol. The zero-order chi connectivity index (χ0) is 19.3. The van der Waals surface area contributed by atoms with Gasteiger partial charge in [-0.2, -0.15) is 0 Å². The van der Waals surface area contributed by atoms with E-state index in [4.69, 9.17) is 0 Å². The van der Waals surface area contributed by atoms with Gasteiger partial charge < -0.3 is 9.80 Å². The molecule has 4 rings (SSSR count). The van der Waals surface area contributed by atoms with Crippen LogP contribution in [0.25, 0.3) is 0 Å². The van der Waals surface area contributed by atoms with Crippen LogP contribution in [-0.2, 0) is 19.3 Å². The number of hydrogen-bond acceptors (Lipinski definition) is 3. The van der Waals surface area contributed by atoms with Crippen molar-refractivity contribution >= 4 is 11.5 Å². The van der Waals surface area contributed by atoms with E-state index in [0.717, 1.165) is 57.3 Å². The van der Waals surface area contributed by atoms with Crippen molar-refractivity contribution in [1.82, 2.24) is 4.90 Å². The molecule has 0 aromatic heterocycles. The SMILES string of the molecule is CN(CCCCC(=O)c1cc2c3c(c1)CCN3CCC2)CCc1ccccc1. The summed E-state index contributed by atoms with van der Waals surface area (Å²) in [6.07, 6.45) is 7.29. The van der Waals surface area contributed by atoms with Crippen LogP contribution in [0.1, 0.15) is 52.7 Å². The average Bonchev–Trinajstić information content (AvgIpc) is 3.15. The lowest BCUT2D eigenvalue weighted by molar-refractivity contribution is 0.0978. The fourth-order valence-electron chi connectivity index (χ4n) is 4.65. The van der Waals surface area contributed by atoms with E-state index in [9.17, 15) is 4.79 Å². The van der Waals surface area contributed by atoms with Gasteiger partial charge in [0.25, 0.3) is 0 Å². The highest BCUT2D eigenvalue weighted by atomic mass is 16.1. The molecular weight excluding hydrogens is 344 g/mol. The lowest BCUT2D eigenvalue weighted by Crippen LogP contribution is -2.26. The average molecular weight is 377 g/mol. The largest absolute Gasteiger partial charge is 0.371 e. The molecule has 0 amide bonds. The number of nitrogens with zero attached hydrogens (tertiary/aromatic N) is 2. The summed E-state index contributed by atoms with van der Waals surface area (Å²) in [6.45, 7) is 4.45. The number of carbonyl (C=O) groups excluding carboxylic acids is 1. The predicted octanol–water partition coefficient (Wildman–Crippen LogP) is 4.52. The molecule has 3 heteroatoms. The molecule has 0 spiro atoms. The van der Waals surface area contributed by atoms with E-state index in [1.54, 1.807) is 0 Å². The molecule has 0 unspecified atom stereocenters. The molecule has 2 aromatic rings. The number of Topliss-reactive ketones (excluding diaryl/α,β-unsaturated/α-hetero) is 1. The number of rotatable bonds is 9. The van der Waals surface area contributed by atoms with Gasteiger partial charge in [0.2, 0.25) is 0 Å². The van der Waals surface area contributed by atoms with E-state index in [1.165, 1.54) is 35.3 Å². The van der Waals surface area contributed by atoms with Crippen molar-refractivity contribution in [3.63, 3.8) is 0 Å². The molecule has 3 nitrogen and oxygen atoms in total. The first-order valence-electron chi connectivity index (χ1n) is 10.9. The fraction of sp³-hybridized carbons (Fsp3) is 0.480. The highest BCUT2D eigenvalue weighted by Gasteiger charge is 2.26. The summed E-state index contributed by atoms with van der Waals surface area (Å²) < 4.78 is 0. The zero-order valence-corrected chi connectivity index (χ0v) is 17.1. The number of carbonyl (C=O) groups is 1. The maximum Gasteiger partial charge on any atom is 0.162 e. The van der Waals surface area contributed by atoms with Crippen molar-refractivity contribution in [2.45, 2.75) is 44.9 Å². The van der Waals surface area contributed by atoms with Gasteiger partial charge in [0.05, 0.1) is 0 Å². The van der Waals surface area contributed by atoms with Crippen LogP contribution >= 0.6 is 0 Å². The van der Waals surface area contributed by atoms with Crippen LogP contribution in [0, 0.1) is 0 Å². The molecule has 0 saturated carbocycles. The summed E-state index contributed by atoms with van der Waals surface area (Å²) in [5, 5.41) is 0. The van der Waals surface area contributed by atoms with Gasteiger partial charge in [-0.05, 0) is 80.9 Å². The lowest BCUT2D eigenvalue weighted by atomic mass is 9.94. The first-order chi connectivity index (χ1) is 13.7. The molecule has 0 N–H and O–H groups in total. The first-order valence-corrected chi connectivity index (χ1v) is 10.9. The zero-order valence-electron chi connectivity index (χ0n) is 17.1. The maximum atomic E-state index is 12.7. The second kappa shape index (κ2) is 8.91. The third kappa shape index (κ3) is 4.47. The Morgan fingerprint density at radius 3 is 2.61 bits per heavy atom. The summed E-state index contributed by atoms with van der Waals surface area (Å²) in [5.41, 5.74) is 6.60. The van der Waals surface area contributed by atoms with Gasteiger partial charge in [-0.1, -0.05) is 30.3 Å². The minimum absolute atomic E-state index is 0.329. The van der Waals surface area contributed by atoms with Crippen LogP contribution in [0.2, 0.25) is 0 Å². The summed E-state index contributed by atoms with van der Waals surface area (Å²) in [5.74, 6) is 0.329. The summed E-state index contributed by atoms with van der Waals surface area (Å²) in [6, 6.07) is 15.0. The van der Waals surface area contributed by atoms with Gasteiger partial charge in [-0.15, -0.1) is 0 Å². The van der Waals surface area contributed by atoms with Gasteiger partial charge in [-0.25, -0.2) is 0 Å². The van der Waals surface area contributed by atoms with Crippen molar-refractivity contribution in [1.29, 1.82) is 0 Å². The molecule has 2 aromatic carbocycles. The van der Waals surface area contributed by atoms with E-state index >= 15 is 0 Å². The molecule has 0 fully saturated rings.